The van der Waals surface area contributed by atoms with Crippen LogP contribution >= 0.6 is 0 Å². The Bertz CT molecular complexity index is 702. The molecule has 0 bridgehead atoms. The summed E-state index contributed by atoms with van der Waals surface area (Å²) in [5, 5.41) is 0. The Kier molecular flexibility index (Phi) is 7.67. The second kappa shape index (κ2) is 10.4. The lowest BCUT2D eigenvalue weighted by atomic mass is 9.88. The number of methoxy groups -OCH3 is 1. The molecule has 1 amide bonds. The van der Waals surface area contributed by atoms with Crippen molar-refractivity contribution in [2.45, 2.75) is 76.3 Å². The summed E-state index contributed by atoms with van der Waals surface area (Å²) in [6.45, 7) is -0.290. The summed E-state index contributed by atoms with van der Waals surface area (Å²) in [5.74, 6) is -1.39. The number of nitrogens with zero attached hydrogens (tertiary/aromatic N) is 1. The Morgan fingerprint density at radius 2 is 1.31 bits per heavy atom. The van der Waals surface area contributed by atoms with Gasteiger partial charge >= 0.3 is 11.9 Å². The van der Waals surface area contributed by atoms with Crippen molar-refractivity contribution in [3.63, 3.8) is 0 Å². The molecule has 0 atom stereocenters. The molecule has 6 heteroatoms. The Balaban J connectivity index is 1.68. The summed E-state index contributed by atoms with van der Waals surface area (Å²) in [6.07, 6.45) is 11.2. The SMILES string of the molecule is COC(=O)c1ccccc1C(=O)OCC(=O)N(C1CCCCC1)C1CCCCC1. The molecule has 29 heavy (non-hydrogen) atoms. The highest BCUT2D eigenvalue weighted by atomic mass is 16.5. The van der Waals surface area contributed by atoms with Gasteiger partial charge in [-0.2, -0.15) is 0 Å². The zero-order chi connectivity index (χ0) is 20.6. The van der Waals surface area contributed by atoms with E-state index in [9.17, 15) is 14.4 Å². The van der Waals surface area contributed by atoms with Crippen molar-refractivity contribution < 1.29 is 23.9 Å². The summed E-state index contributed by atoms with van der Waals surface area (Å²) >= 11 is 0. The highest BCUT2D eigenvalue weighted by molar-refractivity contribution is 6.03. The van der Waals surface area contributed by atoms with Crippen LogP contribution in [0.4, 0.5) is 0 Å². The van der Waals surface area contributed by atoms with Crippen LogP contribution in [0.25, 0.3) is 0 Å². The van der Waals surface area contributed by atoms with E-state index in [-0.39, 0.29) is 35.7 Å². The molecule has 3 rings (SSSR count). The van der Waals surface area contributed by atoms with Gasteiger partial charge in [-0.3, -0.25) is 4.79 Å². The maximum atomic E-state index is 13.1. The summed E-state index contributed by atoms with van der Waals surface area (Å²) in [6, 6.07) is 6.84. The van der Waals surface area contributed by atoms with E-state index in [4.69, 9.17) is 9.47 Å². The molecule has 1 aromatic rings. The van der Waals surface area contributed by atoms with Crippen LogP contribution < -0.4 is 0 Å². The van der Waals surface area contributed by atoms with Gasteiger partial charge in [0.2, 0.25) is 0 Å². The van der Waals surface area contributed by atoms with Gasteiger partial charge in [0.15, 0.2) is 6.61 Å². The van der Waals surface area contributed by atoms with Crippen LogP contribution in [-0.4, -0.2) is 48.5 Å². The third-order valence-electron chi connectivity index (χ3n) is 6.10. The fourth-order valence-electron chi connectivity index (χ4n) is 4.65. The third-order valence-corrected chi connectivity index (χ3v) is 6.10. The average molecular weight is 402 g/mol. The molecule has 0 N–H and O–H groups in total. The standard InChI is InChI=1S/C23H31NO5/c1-28-22(26)19-14-8-9-15-20(19)23(27)29-16-21(25)24(17-10-4-2-5-11-17)18-12-6-3-7-13-18/h8-9,14-15,17-18H,2-7,10-13,16H2,1H3. The lowest BCUT2D eigenvalue weighted by Crippen LogP contribution is -2.50. The first-order valence-electron chi connectivity index (χ1n) is 10.8. The van der Waals surface area contributed by atoms with E-state index in [0.29, 0.717) is 0 Å². The normalized spacial score (nSPS) is 18.1. The number of ether oxygens (including phenoxy) is 2. The van der Waals surface area contributed by atoms with Gasteiger partial charge in [0, 0.05) is 12.1 Å². The topological polar surface area (TPSA) is 72.9 Å². The van der Waals surface area contributed by atoms with Crippen molar-refractivity contribution in [3.8, 4) is 0 Å². The predicted octanol–water partition coefficient (Wildman–Crippen LogP) is 4.12. The quantitative estimate of drug-likeness (QED) is 0.671. The van der Waals surface area contributed by atoms with Crippen molar-refractivity contribution in [1.29, 1.82) is 0 Å². The molecule has 0 heterocycles. The van der Waals surface area contributed by atoms with Gasteiger partial charge in [-0.05, 0) is 37.8 Å². The molecule has 2 aliphatic carbocycles. The predicted molar refractivity (Wildman–Crippen MR) is 109 cm³/mol. The fraction of sp³-hybridized carbons (Fsp3) is 0.609. The van der Waals surface area contributed by atoms with Crippen LogP contribution in [0.1, 0.15) is 84.9 Å². The first kappa shape index (κ1) is 21.3. The maximum Gasteiger partial charge on any atom is 0.339 e. The molecule has 6 nitrogen and oxygen atoms in total. The highest BCUT2D eigenvalue weighted by Gasteiger charge is 2.33. The van der Waals surface area contributed by atoms with Crippen LogP contribution in [0, 0.1) is 0 Å². The largest absolute Gasteiger partial charge is 0.465 e. The number of amides is 1. The van der Waals surface area contributed by atoms with Crippen LogP contribution in [0.15, 0.2) is 24.3 Å². The van der Waals surface area contributed by atoms with Gasteiger partial charge in [0.05, 0.1) is 18.2 Å². The van der Waals surface area contributed by atoms with Crippen LogP contribution in [-0.2, 0) is 14.3 Å². The molecule has 0 spiro atoms. The first-order chi connectivity index (χ1) is 14.1. The minimum absolute atomic E-state index is 0.118. The summed E-state index contributed by atoms with van der Waals surface area (Å²) in [4.78, 5) is 39.6. The first-order valence-corrected chi connectivity index (χ1v) is 10.8. The molecule has 0 aliphatic heterocycles. The van der Waals surface area contributed by atoms with Crippen molar-refractivity contribution in [2.75, 3.05) is 13.7 Å². The van der Waals surface area contributed by atoms with Gasteiger partial charge in [-0.25, -0.2) is 9.59 Å². The number of carbonyl (C=O) groups is 3. The van der Waals surface area contributed by atoms with Crippen molar-refractivity contribution in [2.24, 2.45) is 0 Å². The number of hydrogen-bond acceptors (Lipinski definition) is 5. The molecule has 1 aromatic carbocycles. The number of rotatable bonds is 6. The Labute approximate surface area is 172 Å². The molecule has 158 valence electrons. The second-order valence-electron chi connectivity index (χ2n) is 8.00. The zero-order valence-corrected chi connectivity index (χ0v) is 17.2. The summed E-state index contributed by atoms with van der Waals surface area (Å²) in [5.41, 5.74) is 0.262. The van der Waals surface area contributed by atoms with Gasteiger partial charge in [-0.1, -0.05) is 50.7 Å². The number of benzene rings is 1. The smallest absolute Gasteiger partial charge is 0.339 e. The average Bonchev–Trinajstić information content (AvgIpc) is 2.78. The Morgan fingerprint density at radius 1 is 0.828 bits per heavy atom. The van der Waals surface area contributed by atoms with Gasteiger partial charge < -0.3 is 14.4 Å². The van der Waals surface area contributed by atoms with E-state index in [0.717, 1.165) is 51.4 Å². The van der Waals surface area contributed by atoms with E-state index in [1.54, 1.807) is 12.1 Å². The Morgan fingerprint density at radius 3 is 1.79 bits per heavy atom. The molecular weight excluding hydrogens is 370 g/mol. The third kappa shape index (κ3) is 5.37. The highest BCUT2D eigenvalue weighted by Crippen LogP contribution is 2.30. The van der Waals surface area contributed by atoms with Crippen molar-refractivity contribution in [3.05, 3.63) is 35.4 Å². The number of esters is 2. The molecule has 0 saturated heterocycles. The molecular formula is C23H31NO5. The molecule has 0 aromatic heterocycles. The zero-order valence-electron chi connectivity index (χ0n) is 17.2. The van der Waals surface area contributed by atoms with Crippen LogP contribution in [0.3, 0.4) is 0 Å². The second-order valence-corrected chi connectivity index (χ2v) is 8.00. The monoisotopic (exact) mass is 401 g/mol. The maximum absolute atomic E-state index is 13.1. The number of hydrogen-bond donors (Lipinski definition) is 0. The molecule has 2 saturated carbocycles. The fourth-order valence-corrected chi connectivity index (χ4v) is 4.65. The van der Waals surface area contributed by atoms with Crippen LogP contribution in [0.5, 0.6) is 0 Å². The van der Waals surface area contributed by atoms with Gasteiger partial charge in [0.25, 0.3) is 5.91 Å². The molecule has 0 radical (unpaired) electrons. The van der Waals surface area contributed by atoms with Gasteiger partial charge in [0.1, 0.15) is 0 Å². The summed E-state index contributed by atoms with van der Waals surface area (Å²) < 4.78 is 10.1. The number of carbonyl (C=O) groups excluding carboxylic acids is 3. The minimum atomic E-state index is -0.674. The van der Waals surface area contributed by atoms with E-state index in [1.165, 1.54) is 32.1 Å². The molecule has 0 unspecified atom stereocenters. The van der Waals surface area contributed by atoms with Crippen molar-refractivity contribution >= 4 is 17.8 Å². The van der Waals surface area contributed by atoms with E-state index in [1.807, 2.05) is 4.90 Å². The summed E-state index contributed by atoms with van der Waals surface area (Å²) in [7, 11) is 1.26. The molecule has 2 fully saturated rings. The van der Waals surface area contributed by atoms with E-state index in [2.05, 4.69) is 0 Å². The van der Waals surface area contributed by atoms with Crippen LogP contribution in [0.2, 0.25) is 0 Å². The lowest BCUT2D eigenvalue weighted by molar-refractivity contribution is -0.141. The van der Waals surface area contributed by atoms with E-state index < -0.39 is 11.9 Å². The Hall–Kier alpha value is -2.37. The molecule has 2 aliphatic rings. The minimum Gasteiger partial charge on any atom is -0.465 e. The lowest BCUT2D eigenvalue weighted by Gasteiger charge is -2.41. The van der Waals surface area contributed by atoms with E-state index >= 15 is 0 Å². The van der Waals surface area contributed by atoms with Crippen molar-refractivity contribution in [1.82, 2.24) is 4.90 Å². The van der Waals surface area contributed by atoms with Gasteiger partial charge in [-0.15, -0.1) is 0 Å².